The minimum atomic E-state index is -0.395. The van der Waals surface area contributed by atoms with Crippen LogP contribution in [-0.2, 0) is 19.1 Å². The van der Waals surface area contributed by atoms with E-state index >= 15 is 0 Å². The number of hydrogen-bond donors (Lipinski definition) is 0. The standard InChI is InChI=1S/C15H26O4/c1-6-8-13(15(17)19-12(5)7-2)10-18-14(16)9-11(3)4/h8,11-12H,6-7,9-10H2,1-5H3. The SMILES string of the molecule is CCC=C(COC(=O)CC(C)C)C(=O)OC(C)CC. The Morgan fingerprint density at radius 1 is 1.16 bits per heavy atom. The highest BCUT2D eigenvalue weighted by molar-refractivity contribution is 5.89. The molecule has 0 aliphatic heterocycles. The van der Waals surface area contributed by atoms with Gasteiger partial charge in [-0.05, 0) is 25.7 Å². The molecule has 0 aromatic heterocycles. The topological polar surface area (TPSA) is 52.6 Å². The zero-order valence-corrected chi connectivity index (χ0v) is 12.7. The molecule has 1 atom stereocenters. The summed E-state index contributed by atoms with van der Waals surface area (Å²) in [5, 5.41) is 0. The zero-order valence-electron chi connectivity index (χ0n) is 12.7. The molecule has 0 aliphatic carbocycles. The van der Waals surface area contributed by atoms with Crippen LogP contribution in [0.3, 0.4) is 0 Å². The number of ether oxygens (including phenoxy) is 2. The molecule has 4 nitrogen and oxygen atoms in total. The Morgan fingerprint density at radius 3 is 2.26 bits per heavy atom. The molecule has 110 valence electrons. The predicted molar refractivity (Wildman–Crippen MR) is 74.6 cm³/mol. The fourth-order valence-corrected chi connectivity index (χ4v) is 1.34. The van der Waals surface area contributed by atoms with Gasteiger partial charge in [-0.2, -0.15) is 0 Å². The predicted octanol–water partition coefficient (Wildman–Crippen LogP) is 3.25. The molecule has 0 aromatic carbocycles. The highest BCUT2D eigenvalue weighted by Crippen LogP contribution is 2.08. The first kappa shape index (κ1) is 17.7. The van der Waals surface area contributed by atoms with Crippen LogP contribution in [0.1, 0.15) is 53.9 Å². The second kappa shape index (κ2) is 9.59. The van der Waals surface area contributed by atoms with Crippen molar-refractivity contribution >= 4 is 11.9 Å². The minimum absolute atomic E-state index is 0.00530. The van der Waals surface area contributed by atoms with E-state index in [1.807, 2.05) is 34.6 Å². The number of hydrogen-bond acceptors (Lipinski definition) is 4. The van der Waals surface area contributed by atoms with E-state index < -0.39 is 5.97 Å². The van der Waals surface area contributed by atoms with E-state index in [0.717, 1.165) is 6.42 Å². The van der Waals surface area contributed by atoms with E-state index in [-0.39, 0.29) is 24.6 Å². The van der Waals surface area contributed by atoms with Crippen molar-refractivity contribution in [3.8, 4) is 0 Å². The van der Waals surface area contributed by atoms with Crippen LogP contribution in [0.4, 0.5) is 0 Å². The Morgan fingerprint density at radius 2 is 1.79 bits per heavy atom. The Labute approximate surface area is 116 Å². The van der Waals surface area contributed by atoms with Gasteiger partial charge in [-0.3, -0.25) is 4.79 Å². The van der Waals surface area contributed by atoms with Crippen LogP contribution in [0.2, 0.25) is 0 Å². The summed E-state index contributed by atoms with van der Waals surface area (Å²) >= 11 is 0. The summed E-state index contributed by atoms with van der Waals surface area (Å²) in [7, 11) is 0. The van der Waals surface area contributed by atoms with Gasteiger partial charge in [0.15, 0.2) is 0 Å². The van der Waals surface area contributed by atoms with Crippen LogP contribution in [0.5, 0.6) is 0 Å². The first-order chi connectivity index (χ1) is 8.90. The summed E-state index contributed by atoms with van der Waals surface area (Å²) in [5.74, 6) is -0.431. The van der Waals surface area contributed by atoms with E-state index in [2.05, 4.69) is 0 Å². The molecule has 0 heterocycles. The largest absolute Gasteiger partial charge is 0.461 e. The summed E-state index contributed by atoms with van der Waals surface area (Å²) < 4.78 is 10.3. The molecule has 0 fully saturated rings. The van der Waals surface area contributed by atoms with Gasteiger partial charge >= 0.3 is 11.9 Å². The molecular formula is C15H26O4. The van der Waals surface area contributed by atoms with Gasteiger partial charge in [0.25, 0.3) is 0 Å². The number of esters is 2. The fraction of sp³-hybridized carbons (Fsp3) is 0.733. The first-order valence-corrected chi connectivity index (χ1v) is 6.96. The summed E-state index contributed by atoms with van der Waals surface area (Å²) in [4.78, 5) is 23.3. The smallest absolute Gasteiger partial charge is 0.337 e. The summed E-state index contributed by atoms with van der Waals surface area (Å²) in [6.45, 7) is 9.60. The highest BCUT2D eigenvalue weighted by atomic mass is 16.6. The van der Waals surface area contributed by atoms with Crippen molar-refractivity contribution in [1.29, 1.82) is 0 Å². The average molecular weight is 270 g/mol. The second-order valence-electron chi connectivity index (χ2n) is 5.02. The maximum Gasteiger partial charge on any atom is 0.337 e. The molecule has 0 saturated carbocycles. The van der Waals surface area contributed by atoms with E-state index in [9.17, 15) is 9.59 Å². The van der Waals surface area contributed by atoms with Gasteiger partial charge in [0.2, 0.25) is 0 Å². The molecule has 0 aromatic rings. The first-order valence-electron chi connectivity index (χ1n) is 6.96. The summed E-state index contributed by atoms with van der Waals surface area (Å²) in [6.07, 6.45) is 3.44. The van der Waals surface area contributed by atoms with Crippen molar-refractivity contribution in [2.45, 2.75) is 60.0 Å². The molecule has 0 radical (unpaired) electrons. The monoisotopic (exact) mass is 270 g/mol. The fourth-order valence-electron chi connectivity index (χ4n) is 1.34. The van der Waals surface area contributed by atoms with Crippen LogP contribution >= 0.6 is 0 Å². The van der Waals surface area contributed by atoms with E-state index in [4.69, 9.17) is 9.47 Å². The molecule has 0 spiro atoms. The molecule has 0 rings (SSSR count). The van der Waals surface area contributed by atoms with E-state index in [0.29, 0.717) is 18.4 Å². The number of carbonyl (C=O) groups excluding carboxylic acids is 2. The van der Waals surface area contributed by atoms with E-state index in [1.54, 1.807) is 6.08 Å². The van der Waals surface area contributed by atoms with Crippen molar-refractivity contribution in [2.24, 2.45) is 5.92 Å². The van der Waals surface area contributed by atoms with Crippen LogP contribution < -0.4 is 0 Å². The van der Waals surface area contributed by atoms with Gasteiger partial charge in [-0.1, -0.05) is 33.8 Å². The number of rotatable bonds is 8. The van der Waals surface area contributed by atoms with Crippen molar-refractivity contribution in [1.82, 2.24) is 0 Å². The van der Waals surface area contributed by atoms with Crippen LogP contribution in [0.25, 0.3) is 0 Å². The normalized spacial score (nSPS) is 13.3. The minimum Gasteiger partial charge on any atom is -0.461 e. The Kier molecular flexibility index (Phi) is 8.92. The lowest BCUT2D eigenvalue weighted by molar-refractivity contribution is -0.147. The van der Waals surface area contributed by atoms with Crippen molar-refractivity contribution in [3.05, 3.63) is 11.6 Å². The number of carbonyl (C=O) groups is 2. The van der Waals surface area contributed by atoms with Crippen molar-refractivity contribution in [2.75, 3.05) is 6.61 Å². The van der Waals surface area contributed by atoms with Gasteiger partial charge in [-0.25, -0.2) is 4.79 Å². The highest BCUT2D eigenvalue weighted by Gasteiger charge is 2.16. The van der Waals surface area contributed by atoms with Gasteiger partial charge in [-0.15, -0.1) is 0 Å². The third kappa shape index (κ3) is 8.41. The third-order valence-corrected chi connectivity index (χ3v) is 2.56. The molecule has 0 N–H and O–H groups in total. The summed E-state index contributed by atoms with van der Waals surface area (Å²) in [5.41, 5.74) is 0.417. The molecule has 0 aliphatic rings. The van der Waals surface area contributed by atoms with E-state index in [1.165, 1.54) is 0 Å². The molecular weight excluding hydrogens is 244 g/mol. The van der Waals surface area contributed by atoms with Crippen molar-refractivity contribution < 1.29 is 19.1 Å². The summed E-state index contributed by atoms with van der Waals surface area (Å²) in [6, 6.07) is 0. The van der Waals surface area contributed by atoms with Crippen molar-refractivity contribution in [3.63, 3.8) is 0 Å². The molecule has 0 bridgehead atoms. The van der Waals surface area contributed by atoms with Gasteiger partial charge < -0.3 is 9.47 Å². The Bertz CT molecular complexity index is 318. The molecule has 19 heavy (non-hydrogen) atoms. The van der Waals surface area contributed by atoms with Crippen LogP contribution in [-0.4, -0.2) is 24.6 Å². The van der Waals surface area contributed by atoms with Gasteiger partial charge in [0.05, 0.1) is 11.7 Å². The quantitative estimate of drug-likeness (QED) is 0.502. The van der Waals surface area contributed by atoms with Gasteiger partial charge in [0.1, 0.15) is 6.61 Å². The maximum absolute atomic E-state index is 11.9. The zero-order chi connectivity index (χ0) is 14.8. The average Bonchev–Trinajstić information content (AvgIpc) is 2.33. The molecule has 1 unspecified atom stereocenters. The Balaban J connectivity index is 4.38. The molecule has 0 amide bonds. The van der Waals surface area contributed by atoms with Gasteiger partial charge in [0, 0.05) is 6.42 Å². The second-order valence-corrected chi connectivity index (χ2v) is 5.02. The number of allylic oxidation sites excluding steroid dienone is 1. The lowest BCUT2D eigenvalue weighted by atomic mass is 10.1. The van der Waals surface area contributed by atoms with Crippen LogP contribution in [0.15, 0.2) is 11.6 Å². The lowest BCUT2D eigenvalue weighted by Crippen LogP contribution is -2.20. The Hall–Kier alpha value is -1.32. The molecule has 0 saturated heterocycles. The molecule has 4 heteroatoms. The van der Waals surface area contributed by atoms with Crippen LogP contribution in [0, 0.1) is 5.92 Å². The third-order valence-electron chi connectivity index (χ3n) is 2.56. The lowest BCUT2D eigenvalue weighted by Gasteiger charge is -2.13. The maximum atomic E-state index is 11.9.